The van der Waals surface area contributed by atoms with Crippen LogP contribution in [0.15, 0.2) is 47.6 Å². The molecule has 3 aliphatic heterocycles. The van der Waals surface area contributed by atoms with E-state index in [-0.39, 0.29) is 61.2 Å². The van der Waals surface area contributed by atoms with Crippen molar-refractivity contribution in [1.29, 1.82) is 0 Å². The van der Waals surface area contributed by atoms with Gasteiger partial charge in [0.05, 0.1) is 18.3 Å². The van der Waals surface area contributed by atoms with Gasteiger partial charge in [0, 0.05) is 51.4 Å². The maximum absolute atomic E-state index is 14.4. The molecule has 3 fully saturated rings. The summed E-state index contributed by atoms with van der Waals surface area (Å²) in [4.78, 5) is 83.4. The van der Waals surface area contributed by atoms with Crippen LogP contribution in [0.1, 0.15) is 126 Å². The van der Waals surface area contributed by atoms with Gasteiger partial charge in [0.25, 0.3) is 18.2 Å². The van der Waals surface area contributed by atoms with Crippen molar-refractivity contribution in [3.05, 3.63) is 47.6 Å². The molecule has 2 saturated heterocycles. The molecular formula is C51H77NO14. The molecule has 0 spiro atoms. The van der Waals surface area contributed by atoms with Gasteiger partial charge in [-0.15, -0.1) is 0 Å². The first kappa shape index (κ1) is 54.7. The van der Waals surface area contributed by atoms with Gasteiger partial charge in [-0.05, 0) is 107 Å². The Morgan fingerprint density at radius 2 is 1.62 bits per heavy atom. The largest absolute Gasteiger partial charge is 0.460 e. The van der Waals surface area contributed by atoms with E-state index in [9.17, 15) is 44.1 Å². The number of amides is 1. The minimum Gasteiger partial charge on any atom is -0.460 e. The zero-order chi connectivity index (χ0) is 48.9. The first-order chi connectivity index (χ1) is 31.2. The number of ether oxygens (including phenoxy) is 5. The summed E-state index contributed by atoms with van der Waals surface area (Å²) in [7, 11) is 2.92. The van der Waals surface area contributed by atoms with E-state index in [4.69, 9.17) is 23.7 Å². The summed E-state index contributed by atoms with van der Waals surface area (Å²) >= 11 is 0. The minimum atomic E-state index is -2.52. The van der Waals surface area contributed by atoms with Crippen molar-refractivity contribution in [3.8, 4) is 0 Å². The van der Waals surface area contributed by atoms with Crippen molar-refractivity contribution in [2.24, 2.45) is 35.5 Å². The SMILES string of the molecule is CO[C@@H]1C[C@H](C[C@@H](C)[C@@H]2CC(=O)[C@H](C)/C=C(\C)[C@@H](O)[C@@H](OC)C(=O)[C@H](C)C[C@H](C)/C=C/C=C/C=C(\C)[C@@H](OC=O)C[C@@H]3CC[C@@H](C)[C@@](O)(O3)C(=O)C(=O)N3CCCC[C@H]3C(=O)O2)CC[C@H]1O. The highest BCUT2D eigenvalue weighted by Crippen LogP contribution is 2.38. The van der Waals surface area contributed by atoms with Crippen LogP contribution in [-0.2, 0) is 52.5 Å². The Hall–Kier alpha value is -3.86. The van der Waals surface area contributed by atoms with E-state index in [1.807, 2.05) is 26.0 Å². The van der Waals surface area contributed by atoms with Crippen LogP contribution in [0.2, 0.25) is 0 Å². The number of fused-ring (bicyclic) bond motifs is 3. The third-order valence-corrected chi connectivity index (χ3v) is 14.4. The number of carbonyl (C=O) groups is 6. The lowest BCUT2D eigenvalue weighted by molar-refractivity contribution is -0.265. The third kappa shape index (κ3) is 14.3. The molecule has 3 heterocycles. The molecule has 15 heteroatoms. The summed E-state index contributed by atoms with van der Waals surface area (Å²) in [6, 6.07) is -1.18. The Kier molecular flexibility index (Phi) is 21.1. The van der Waals surface area contributed by atoms with E-state index in [0.717, 1.165) is 4.90 Å². The molecule has 4 rings (SSSR count). The maximum atomic E-state index is 14.4. The van der Waals surface area contributed by atoms with E-state index < -0.39 is 83.9 Å². The zero-order valence-electron chi connectivity index (χ0n) is 40.6. The summed E-state index contributed by atoms with van der Waals surface area (Å²) in [6.07, 6.45) is 9.49. The molecule has 1 aliphatic carbocycles. The van der Waals surface area contributed by atoms with E-state index in [1.54, 1.807) is 66.0 Å². The lowest BCUT2D eigenvalue weighted by atomic mass is 9.78. The summed E-state index contributed by atoms with van der Waals surface area (Å²) in [6.45, 7) is 12.7. The Balaban J connectivity index is 1.71. The molecule has 0 aromatic rings. The molecule has 4 aliphatic rings. The number of piperidine rings is 1. The lowest BCUT2D eigenvalue weighted by Crippen LogP contribution is -2.61. The van der Waals surface area contributed by atoms with Crippen LogP contribution in [0.25, 0.3) is 0 Å². The van der Waals surface area contributed by atoms with Crippen molar-refractivity contribution in [3.63, 3.8) is 0 Å². The molecule has 15 atom stereocenters. The van der Waals surface area contributed by atoms with Crippen molar-refractivity contribution in [1.82, 2.24) is 4.90 Å². The average molecular weight is 928 g/mol. The fraction of sp³-hybridized carbons (Fsp3) is 0.725. The van der Waals surface area contributed by atoms with Crippen molar-refractivity contribution >= 4 is 35.7 Å². The smallest absolute Gasteiger partial charge is 0.329 e. The molecule has 1 amide bonds. The quantitative estimate of drug-likeness (QED) is 0.121. The molecule has 2 bridgehead atoms. The van der Waals surface area contributed by atoms with E-state index in [1.165, 1.54) is 7.11 Å². The van der Waals surface area contributed by atoms with Crippen LogP contribution in [-0.4, -0.2) is 131 Å². The number of methoxy groups -OCH3 is 2. The van der Waals surface area contributed by atoms with Crippen LogP contribution in [0.4, 0.5) is 0 Å². The fourth-order valence-corrected chi connectivity index (χ4v) is 10.1. The predicted molar refractivity (Wildman–Crippen MR) is 245 cm³/mol. The first-order valence-corrected chi connectivity index (χ1v) is 24.0. The maximum Gasteiger partial charge on any atom is 0.329 e. The van der Waals surface area contributed by atoms with Gasteiger partial charge in [-0.3, -0.25) is 24.0 Å². The van der Waals surface area contributed by atoms with E-state index >= 15 is 0 Å². The second-order valence-corrected chi connectivity index (χ2v) is 19.6. The highest BCUT2D eigenvalue weighted by molar-refractivity contribution is 6.39. The number of carbonyl (C=O) groups excluding carboxylic acids is 6. The van der Waals surface area contributed by atoms with Gasteiger partial charge in [-0.2, -0.15) is 0 Å². The molecule has 0 aromatic heterocycles. The van der Waals surface area contributed by atoms with E-state index in [0.29, 0.717) is 75.4 Å². The fourth-order valence-electron chi connectivity index (χ4n) is 10.1. The Morgan fingerprint density at radius 1 is 0.894 bits per heavy atom. The molecule has 66 heavy (non-hydrogen) atoms. The molecule has 15 nitrogen and oxygen atoms in total. The number of cyclic esters (lactones) is 1. The normalized spacial score (nSPS) is 39.8. The van der Waals surface area contributed by atoms with Crippen molar-refractivity contribution in [2.45, 2.75) is 180 Å². The summed E-state index contributed by atoms with van der Waals surface area (Å²) in [5, 5.41) is 33.8. The van der Waals surface area contributed by atoms with Crippen molar-refractivity contribution in [2.75, 3.05) is 20.8 Å². The van der Waals surface area contributed by atoms with Crippen molar-refractivity contribution < 1.29 is 67.8 Å². The zero-order valence-corrected chi connectivity index (χ0v) is 40.6. The Bertz CT molecular complexity index is 1810. The Morgan fingerprint density at radius 3 is 2.30 bits per heavy atom. The molecule has 0 radical (unpaired) electrons. The van der Waals surface area contributed by atoms with Crippen LogP contribution in [0.5, 0.6) is 0 Å². The van der Waals surface area contributed by atoms with Gasteiger partial charge >= 0.3 is 5.97 Å². The van der Waals surface area contributed by atoms with Gasteiger partial charge in [0.15, 0.2) is 5.78 Å². The molecule has 370 valence electrons. The molecule has 1 saturated carbocycles. The number of Topliss-reactive ketones (excluding diaryl/α,β-unsaturated/α-hetero) is 3. The van der Waals surface area contributed by atoms with Crippen LogP contribution in [0, 0.1) is 35.5 Å². The van der Waals surface area contributed by atoms with E-state index in [2.05, 4.69) is 0 Å². The third-order valence-electron chi connectivity index (χ3n) is 14.4. The van der Waals surface area contributed by atoms with Gasteiger partial charge in [0.1, 0.15) is 36.2 Å². The average Bonchev–Trinajstić information content (AvgIpc) is 3.29. The predicted octanol–water partition coefficient (Wildman–Crippen LogP) is 5.71. The lowest BCUT2D eigenvalue weighted by Gasteiger charge is -2.42. The Labute approximate surface area is 391 Å². The standard InChI is InChI=1S/C51H77NO14/c1-30-15-11-10-12-16-31(2)42(64-29-53)27-38-20-18-36(7)51(61,66-38)48(58)49(59)52-22-14-13-17-39(52)50(60)65-43(33(4)25-37-19-21-40(54)44(26-37)62-8)28-41(55)32(3)24-35(6)46(57)47(63-9)45(56)34(5)23-30/h10-12,15-16,24,29-30,32-34,36-40,42-44,46-47,54,57,61H,13-14,17-23,25-28H2,1-9H3/b12-10+,15-11+,31-16+,35-24+/t30-,32-,33-,34-,36-,37+,38+,39+,40-,42+,43+,44-,46-,47+,51-/m1/s1. The summed E-state index contributed by atoms with van der Waals surface area (Å²) in [5.41, 5.74) is 1.03. The number of esters is 1. The molecule has 3 N–H and O–H groups in total. The summed E-state index contributed by atoms with van der Waals surface area (Å²) in [5.74, 6) is -8.45. The number of hydrogen-bond acceptors (Lipinski definition) is 14. The second-order valence-electron chi connectivity index (χ2n) is 19.6. The van der Waals surface area contributed by atoms with Gasteiger partial charge in [0.2, 0.25) is 5.79 Å². The van der Waals surface area contributed by atoms with Crippen LogP contribution >= 0.6 is 0 Å². The van der Waals surface area contributed by atoms with Gasteiger partial charge in [-0.25, -0.2) is 4.79 Å². The molecular weight excluding hydrogens is 851 g/mol. The number of aliphatic hydroxyl groups is 3. The molecule has 0 aromatic carbocycles. The number of aliphatic hydroxyl groups excluding tert-OH is 2. The van der Waals surface area contributed by atoms with Crippen LogP contribution < -0.4 is 0 Å². The minimum absolute atomic E-state index is 0.0275. The number of ketones is 3. The molecule has 0 unspecified atom stereocenters. The topological polar surface area (TPSA) is 212 Å². The van der Waals surface area contributed by atoms with Gasteiger partial charge < -0.3 is 43.9 Å². The summed E-state index contributed by atoms with van der Waals surface area (Å²) < 4.78 is 28.9. The highest BCUT2D eigenvalue weighted by atomic mass is 16.6. The van der Waals surface area contributed by atoms with Gasteiger partial charge in [-0.1, -0.05) is 71.1 Å². The highest BCUT2D eigenvalue weighted by Gasteiger charge is 2.53. The number of rotatable bonds is 7. The first-order valence-electron chi connectivity index (χ1n) is 24.0. The monoisotopic (exact) mass is 928 g/mol. The number of nitrogens with zero attached hydrogens (tertiary/aromatic N) is 1. The second kappa shape index (κ2) is 25.5. The van der Waals surface area contributed by atoms with Crippen LogP contribution in [0.3, 0.4) is 0 Å². The number of allylic oxidation sites excluding steroid dienone is 6. The number of hydrogen-bond donors (Lipinski definition) is 3.